The second-order valence-electron chi connectivity index (χ2n) is 7.53. The summed E-state index contributed by atoms with van der Waals surface area (Å²) < 4.78 is 29.0. The molecule has 164 valence electrons. The molecule has 0 unspecified atom stereocenters. The molecular formula is C24H21BrN2O3S2. The van der Waals surface area contributed by atoms with E-state index < -0.39 is 10.0 Å². The van der Waals surface area contributed by atoms with E-state index in [1.54, 1.807) is 42.5 Å². The number of halogens is 1. The van der Waals surface area contributed by atoms with E-state index in [1.807, 2.05) is 38.1 Å². The molecule has 4 aromatic rings. The van der Waals surface area contributed by atoms with Crippen LogP contribution in [0.15, 0.2) is 76.1 Å². The quantitative estimate of drug-likeness (QED) is 0.327. The minimum absolute atomic E-state index is 0.183. The lowest BCUT2D eigenvalue weighted by Crippen LogP contribution is -2.26. The molecule has 1 amide bonds. The van der Waals surface area contributed by atoms with Crippen LogP contribution in [0, 0.1) is 13.8 Å². The fourth-order valence-electron chi connectivity index (χ4n) is 3.30. The van der Waals surface area contributed by atoms with Crippen molar-refractivity contribution in [2.75, 3.05) is 16.7 Å². The van der Waals surface area contributed by atoms with Gasteiger partial charge in [0.2, 0.25) is 0 Å². The highest BCUT2D eigenvalue weighted by Gasteiger charge is 2.22. The number of sulfonamides is 1. The number of anilines is 2. The van der Waals surface area contributed by atoms with Crippen molar-refractivity contribution >= 4 is 64.7 Å². The van der Waals surface area contributed by atoms with Crippen molar-refractivity contribution in [3.8, 4) is 0 Å². The van der Waals surface area contributed by atoms with Crippen LogP contribution in [0.4, 0.5) is 11.4 Å². The molecule has 3 aromatic carbocycles. The number of carbonyl (C=O) groups excluding carboxylic acids is 1. The summed E-state index contributed by atoms with van der Waals surface area (Å²) in [6.45, 7) is 3.93. The van der Waals surface area contributed by atoms with Gasteiger partial charge in [-0.3, -0.25) is 9.10 Å². The molecule has 0 atom stereocenters. The standard InChI is InChI=1S/C24H21BrN2O3S2/c1-15-4-5-16(2)21(12-15)26-24(28)23-14-17-13-19(8-11-22(17)31-23)27(3)32(29,30)20-9-6-18(25)7-10-20/h4-14H,1-3H3,(H,26,28). The van der Waals surface area contributed by atoms with Crippen LogP contribution in [-0.2, 0) is 10.0 Å². The molecule has 0 saturated heterocycles. The summed E-state index contributed by atoms with van der Waals surface area (Å²) in [5.41, 5.74) is 3.38. The van der Waals surface area contributed by atoms with Gasteiger partial charge in [-0.1, -0.05) is 28.1 Å². The number of carbonyl (C=O) groups is 1. The van der Waals surface area contributed by atoms with Gasteiger partial charge < -0.3 is 5.32 Å². The molecule has 1 heterocycles. The summed E-state index contributed by atoms with van der Waals surface area (Å²) >= 11 is 4.70. The van der Waals surface area contributed by atoms with Crippen molar-refractivity contribution in [2.45, 2.75) is 18.7 Å². The monoisotopic (exact) mass is 528 g/mol. The summed E-state index contributed by atoms with van der Waals surface area (Å²) in [6.07, 6.45) is 0. The number of hydrogen-bond donors (Lipinski definition) is 1. The Bertz CT molecular complexity index is 1430. The minimum Gasteiger partial charge on any atom is -0.321 e. The minimum atomic E-state index is -3.70. The van der Waals surface area contributed by atoms with E-state index in [4.69, 9.17) is 0 Å². The van der Waals surface area contributed by atoms with Gasteiger partial charge in [0.15, 0.2) is 0 Å². The molecule has 1 aromatic heterocycles. The van der Waals surface area contributed by atoms with Crippen LogP contribution in [0.1, 0.15) is 20.8 Å². The van der Waals surface area contributed by atoms with E-state index in [2.05, 4.69) is 21.2 Å². The predicted octanol–water partition coefficient (Wildman–Crippen LogP) is 6.36. The van der Waals surface area contributed by atoms with Crippen LogP contribution >= 0.6 is 27.3 Å². The summed E-state index contributed by atoms with van der Waals surface area (Å²) in [5.74, 6) is -0.183. The van der Waals surface area contributed by atoms with E-state index in [-0.39, 0.29) is 10.8 Å². The Labute approximate surface area is 199 Å². The summed E-state index contributed by atoms with van der Waals surface area (Å²) in [7, 11) is -2.17. The average molecular weight is 529 g/mol. The molecule has 0 aliphatic carbocycles. The number of benzene rings is 3. The number of nitrogens with one attached hydrogen (secondary N) is 1. The molecule has 0 bridgehead atoms. The number of amides is 1. The molecule has 0 spiro atoms. The number of nitrogens with zero attached hydrogens (tertiary/aromatic N) is 1. The Morgan fingerprint density at radius 2 is 1.69 bits per heavy atom. The molecule has 8 heteroatoms. The van der Waals surface area contributed by atoms with Crippen LogP contribution < -0.4 is 9.62 Å². The van der Waals surface area contributed by atoms with E-state index in [0.717, 1.165) is 31.4 Å². The number of aryl methyl sites for hydroxylation is 2. The van der Waals surface area contributed by atoms with Gasteiger partial charge in [0.05, 0.1) is 15.5 Å². The zero-order valence-electron chi connectivity index (χ0n) is 17.7. The van der Waals surface area contributed by atoms with Gasteiger partial charge in [0.25, 0.3) is 15.9 Å². The predicted molar refractivity (Wildman–Crippen MR) is 135 cm³/mol. The lowest BCUT2D eigenvalue weighted by atomic mass is 10.1. The lowest BCUT2D eigenvalue weighted by molar-refractivity contribution is 0.103. The van der Waals surface area contributed by atoms with Crippen LogP contribution in [0.2, 0.25) is 0 Å². The largest absolute Gasteiger partial charge is 0.321 e. The number of fused-ring (bicyclic) bond motifs is 1. The smallest absolute Gasteiger partial charge is 0.265 e. The van der Waals surface area contributed by atoms with Crippen molar-refractivity contribution in [2.24, 2.45) is 0 Å². The molecule has 32 heavy (non-hydrogen) atoms. The van der Waals surface area contributed by atoms with Crippen LogP contribution in [0.3, 0.4) is 0 Å². The van der Waals surface area contributed by atoms with Crippen molar-refractivity contribution < 1.29 is 13.2 Å². The van der Waals surface area contributed by atoms with E-state index in [0.29, 0.717) is 10.6 Å². The topological polar surface area (TPSA) is 66.5 Å². The van der Waals surface area contributed by atoms with Gasteiger partial charge in [-0.25, -0.2) is 8.42 Å². The molecule has 0 aliphatic rings. The first-order valence-corrected chi connectivity index (χ1v) is 12.9. The zero-order chi connectivity index (χ0) is 23.0. The van der Waals surface area contributed by atoms with Gasteiger partial charge in [0, 0.05) is 21.9 Å². The number of rotatable bonds is 5. The number of hydrogen-bond acceptors (Lipinski definition) is 4. The molecule has 0 saturated carbocycles. The first-order chi connectivity index (χ1) is 15.1. The summed E-state index contributed by atoms with van der Waals surface area (Å²) in [6, 6.07) is 19.6. The molecule has 0 aliphatic heterocycles. The zero-order valence-corrected chi connectivity index (χ0v) is 20.9. The second kappa shape index (κ2) is 8.69. The highest BCUT2D eigenvalue weighted by atomic mass is 79.9. The molecule has 5 nitrogen and oxygen atoms in total. The summed E-state index contributed by atoms with van der Waals surface area (Å²) in [5, 5.41) is 3.79. The van der Waals surface area contributed by atoms with Gasteiger partial charge in [0.1, 0.15) is 0 Å². The maximum atomic E-state index is 13.0. The number of thiophene rings is 1. The Morgan fingerprint density at radius 1 is 0.969 bits per heavy atom. The third-order valence-electron chi connectivity index (χ3n) is 5.20. The van der Waals surface area contributed by atoms with Gasteiger partial charge in [-0.05, 0) is 85.0 Å². The maximum Gasteiger partial charge on any atom is 0.265 e. The van der Waals surface area contributed by atoms with E-state index in [1.165, 1.54) is 22.7 Å². The third-order valence-corrected chi connectivity index (χ3v) is 8.64. The second-order valence-corrected chi connectivity index (χ2v) is 11.5. The van der Waals surface area contributed by atoms with Crippen LogP contribution in [0.5, 0.6) is 0 Å². The van der Waals surface area contributed by atoms with E-state index >= 15 is 0 Å². The first kappa shape index (κ1) is 22.5. The average Bonchev–Trinajstić information content (AvgIpc) is 3.19. The molecule has 0 radical (unpaired) electrons. The Balaban J connectivity index is 1.62. The van der Waals surface area contributed by atoms with Crippen molar-refractivity contribution in [3.63, 3.8) is 0 Å². The highest BCUT2D eigenvalue weighted by molar-refractivity contribution is 9.10. The molecule has 0 fully saturated rings. The Hall–Kier alpha value is -2.68. The van der Waals surface area contributed by atoms with Crippen molar-refractivity contribution in [1.82, 2.24) is 0 Å². The maximum absolute atomic E-state index is 13.0. The van der Waals surface area contributed by atoms with Crippen molar-refractivity contribution in [1.29, 1.82) is 0 Å². The Morgan fingerprint density at radius 3 is 2.41 bits per heavy atom. The third kappa shape index (κ3) is 4.44. The van der Waals surface area contributed by atoms with Gasteiger partial charge >= 0.3 is 0 Å². The van der Waals surface area contributed by atoms with Gasteiger partial charge in [-0.2, -0.15) is 0 Å². The SMILES string of the molecule is Cc1ccc(C)c(NC(=O)c2cc3cc(N(C)S(=O)(=O)c4ccc(Br)cc4)ccc3s2)c1. The molecule has 4 rings (SSSR count). The Kier molecular flexibility index (Phi) is 6.11. The molecule has 1 N–H and O–H groups in total. The normalized spacial score (nSPS) is 11.5. The van der Waals surface area contributed by atoms with Crippen LogP contribution in [-0.4, -0.2) is 21.4 Å². The first-order valence-electron chi connectivity index (χ1n) is 9.82. The highest BCUT2D eigenvalue weighted by Crippen LogP contribution is 2.32. The van der Waals surface area contributed by atoms with Gasteiger partial charge in [-0.15, -0.1) is 11.3 Å². The van der Waals surface area contributed by atoms with Crippen LogP contribution in [0.25, 0.3) is 10.1 Å². The fraction of sp³-hybridized carbons (Fsp3) is 0.125. The molecular weight excluding hydrogens is 508 g/mol. The summed E-state index contributed by atoms with van der Waals surface area (Å²) in [4.78, 5) is 13.6. The lowest BCUT2D eigenvalue weighted by Gasteiger charge is -2.19. The van der Waals surface area contributed by atoms with E-state index in [9.17, 15) is 13.2 Å². The fourth-order valence-corrected chi connectivity index (χ4v) is 5.69. The van der Waals surface area contributed by atoms with Crippen molar-refractivity contribution in [3.05, 3.63) is 87.2 Å².